The Morgan fingerprint density at radius 1 is 1.32 bits per heavy atom. The minimum absolute atomic E-state index is 0.502. The molecule has 5 nitrogen and oxygen atoms in total. The van der Waals surface area contributed by atoms with Crippen molar-refractivity contribution in [1.82, 2.24) is 19.9 Å². The highest BCUT2D eigenvalue weighted by Gasteiger charge is 2.26. The lowest BCUT2D eigenvalue weighted by Gasteiger charge is -2.20. The Bertz CT molecular complexity index is 652. The van der Waals surface area contributed by atoms with E-state index in [1.165, 1.54) is 11.3 Å². The highest BCUT2D eigenvalue weighted by atomic mass is 32.1. The van der Waals surface area contributed by atoms with E-state index in [-0.39, 0.29) is 0 Å². The van der Waals surface area contributed by atoms with Crippen LogP contribution in [0.4, 0.5) is 10.9 Å². The molecule has 0 spiro atoms. The minimum Gasteiger partial charge on any atom is -0.316 e. The molecule has 1 aliphatic heterocycles. The van der Waals surface area contributed by atoms with Gasteiger partial charge in [0.05, 0.1) is 5.69 Å². The van der Waals surface area contributed by atoms with E-state index in [1.807, 2.05) is 13.1 Å². The molecule has 1 atom stereocenters. The van der Waals surface area contributed by atoms with Crippen molar-refractivity contribution in [3.8, 4) is 0 Å². The fourth-order valence-electron chi connectivity index (χ4n) is 2.88. The Morgan fingerprint density at radius 2 is 2.14 bits per heavy atom. The number of aryl methyl sites for hydroxylation is 2. The van der Waals surface area contributed by atoms with Crippen LogP contribution in [-0.2, 0) is 0 Å². The van der Waals surface area contributed by atoms with Gasteiger partial charge in [0.15, 0.2) is 5.13 Å². The van der Waals surface area contributed by atoms with E-state index in [1.54, 1.807) is 11.3 Å². The number of rotatable bonds is 4. The van der Waals surface area contributed by atoms with E-state index in [0.29, 0.717) is 12.0 Å². The summed E-state index contributed by atoms with van der Waals surface area (Å²) in [5.74, 6) is 2.17. The Balaban J connectivity index is 1.78. The lowest BCUT2D eigenvalue weighted by Crippen LogP contribution is -2.28. The van der Waals surface area contributed by atoms with Gasteiger partial charge in [-0.2, -0.15) is 0 Å². The predicted molar refractivity (Wildman–Crippen MR) is 91.0 cm³/mol. The van der Waals surface area contributed by atoms with Gasteiger partial charge in [-0.05, 0) is 40.7 Å². The molecule has 0 saturated carbocycles. The summed E-state index contributed by atoms with van der Waals surface area (Å²) < 4.78 is 0. The molecule has 2 aromatic heterocycles. The van der Waals surface area contributed by atoms with Crippen LogP contribution in [0.5, 0.6) is 0 Å². The van der Waals surface area contributed by atoms with Crippen molar-refractivity contribution in [2.24, 2.45) is 0 Å². The quantitative estimate of drug-likeness (QED) is 0.935. The summed E-state index contributed by atoms with van der Waals surface area (Å²) in [5.41, 5.74) is 1.14. The van der Waals surface area contributed by atoms with Gasteiger partial charge in [0.25, 0.3) is 0 Å². The summed E-state index contributed by atoms with van der Waals surface area (Å²) in [4.78, 5) is 17.2. The first kappa shape index (κ1) is 15.4. The Hall–Kier alpha value is -1.53. The first-order valence-corrected chi connectivity index (χ1v) is 8.62. The number of likely N-dealkylation sites (tertiary alicyclic amines) is 1. The lowest BCUT2D eigenvalue weighted by atomic mass is 10.0. The zero-order chi connectivity index (χ0) is 15.7. The van der Waals surface area contributed by atoms with Gasteiger partial charge in [0, 0.05) is 35.6 Å². The standard InChI is InChI=1S/C16H23N5S/c1-10(2)21-6-5-13(9-21)14-7-15(19-12(4)18-14)20-16-17-8-11(3)22-16/h7-8,10,13H,5-6,9H2,1-4H3,(H,17,18,19,20)/t13-/m0/s1. The van der Waals surface area contributed by atoms with E-state index in [9.17, 15) is 0 Å². The van der Waals surface area contributed by atoms with Crippen LogP contribution < -0.4 is 5.32 Å². The smallest absolute Gasteiger partial charge is 0.188 e. The summed E-state index contributed by atoms with van der Waals surface area (Å²) in [5, 5.41) is 4.19. The maximum absolute atomic E-state index is 4.66. The molecule has 118 valence electrons. The van der Waals surface area contributed by atoms with E-state index in [0.717, 1.165) is 35.6 Å². The summed E-state index contributed by atoms with van der Waals surface area (Å²) in [7, 11) is 0. The van der Waals surface area contributed by atoms with Crippen LogP contribution in [0.3, 0.4) is 0 Å². The van der Waals surface area contributed by atoms with Gasteiger partial charge in [0.2, 0.25) is 0 Å². The number of aromatic nitrogens is 3. The highest BCUT2D eigenvalue weighted by Crippen LogP contribution is 2.29. The predicted octanol–water partition coefficient (Wildman–Crippen LogP) is 3.49. The van der Waals surface area contributed by atoms with Crippen molar-refractivity contribution in [1.29, 1.82) is 0 Å². The normalized spacial score (nSPS) is 19.0. The van der Waals surface area contributed by atoms with Crippen molar-refractivity contribution in [2.75, 3.05) is 18.4 Å². The SMILES string of the molecule is Cc1nc(Nc2ncc(C)s2)cc([C@H]2CCN(C(C)C)C2)n1. The number of nitrogens with zero attached hydrogens (tertiary/aromatic N) is 4. The zero-order valence-corrected chi connectivity index (χ0v) is 14.4. The molecular weight excluding hydrogens is 294 g/mol. The molecule has 1 saturated heterocycles. The average molecular weight is 317 g/mol. The van der Waals surface area contributed by atoms with Crippen molar-refractivity contribution in [3.05, 3.63) is 28.7 Å². The summed E-state index contributed by atoms with van der Waals surface area (Å²) in [6, 6.07) is 2.68. The number of hydrogen-bond acceptors (Lipinski definition) is 6. The van der Waals surface area contributed by atoms with Gasteiger partial charge < -0.3 is 10.2 Å². The molecule has 0 unspecified atom stereocenters. The molecule has 0 amide bonds. The van der Waals surface area contributed by atoms with Gasteiger partial charge in [-0.15, -0.1) is 11.3 Å². The Labute approximate surface area is 135 Å². The van der Waals surface area contributed by atoms with Gasteiger partial charge >= 0.3 is 0 Å². The van der Waals surface area contributed by atoms with E-state index < -0.39 is 0 Å². The van der Waals surface area contributed by atoms with Crippen LogP contribution in [0.2, 0.25) is 0 Å². The van der Waals surface area contributed by atoms with Crippen LogP contribution in [0, 0.1) is 13.8 Å². The number of anilines is 2. The molecule has 1 fully saturated rings. The topological polar surface area (TPSA) is 53.9 Å². The van der Waals surface area contributed by atoms with E-state index in [2.05, 4.69) is 52.0 Å². The van der Waals surface area contributed by atoms with E-state index >= 15 is 0 Å². The molecule has 0 radical (unpaired) electrons. The molecule has 3 heterocycles. The second-order valence-corrected chi connectivity index (χ2v) is 7.44. The number of nitrogens with one attached hydrogen (secondary N) is 1. The van der Waals surface area contributed by atoms with Gasteiger partial charge in [-0.3, -0.25) is 0 Å². The van der Waals surface area contributed by atoms with Gasteiger partial charge in [-0.25, -0.2) is 15.0 Å². The van der Waals surface area contributed by atoms with Crippen LogP contribution in [0.25, 0.3) is 0 Å². The van der Waals surface area contributed by atoms with Gasteiger partial charge in [0.1, 0.15) is 11.6 Å². The highest BCUT2D eigenvalue weighted by molar-refractivity contribution is 7.15. The largest absolute Gasteiger partial charge is 0.316 e. The molecule has 6 heteroatoms. The van der Waals surface area contributed by atoms with Crippen LogP contribution >= 0.6 is 11.3 Å². The molecule has 1 N–H and O–H groups in total. The molecular formula is C16H23N5S. The van der Waals surface area contributed by atoms with Crippen molar-refractivity contribution in [3.63, 3.8) is 0 Å². The first-order chi connectivity index (χ1) is 10.5. The third-order valence-electron chi connectivity index (χ3n) is 4.08. The summed E-state index contributed by atoms with van der Waals surface area (Å²) in [6.45, 7) is 10.8. The molecule has 0 aliphatic carbocycles. The van der Waals surface area contributed by atoms with Crippen molar-refractivity contribution in [2.45, 2.75) is 46.1 Å². The first-order valence-electron chi connectivity index (χ1n) is 7.80. The second kappa shape index (κ2) is 6.30. The minimum atomic E-state index is 0.502. The third kappa shape index (κ3) is 3.44. The second-order valence-electron chi connectivity index (χ2n) is 6.20. The summed E-state index contributed by atoms with van der Waals surface area (Å²) in [6.07, 6.45) is 3.05. The monoisotopic (exact) mass is 317 g/mol. The molecule has 3 rings (SSSR count). The molecule has 0 bridgehead atoms. The fraction of sp³-hybridized carbons (Fsp3) is 0.562. The van der Waals surface area contributed by atoms with Crippen LogP contribution in [0.1, 0.15) is 42.6 Å². The van der Waals surface area contributed by atoms with Crippen molar-refractivity contribution >= 4 is 22.3 Å². The molecule has 1 aliphatic rings. The molecule has 2 aromatic rings. The van der Waals surface area contributed by atoms with Crippen LogP contribution in [0.15, 0.2) is 12.3 Å². The van der Waals surface area contributed by atoms with Gasteiger partial charge in [-0.1, -0.05) is 0 Å². The number of thiazole rings is 1. The zero-order valence-electron chi connectivity index (χ0n) is 13.6. The maximum Gasteiger partial charge on any atom is 0.188 e. The Kier molecular flexibility index (Phi) is 4.40. The lowest BCUT2D eigenvalue weighted by molar-refractivity contribution is 0.272. The van der Waals surface area contributed by atoms with Crippen LogP contribution in [-0.4, -0.2) is 39.0 Å². The summed E-state index contributed by atoms with van der Waals surface area (Å²) >= 11 is 1.64. The number of hydrogen-bond donors (Lipinski definition) is 1. The van der Waals surface area contributed by atoms with Crippen molar-refractivity contribution < 1.29 is 0 Å². The third-order valence-corrected chi connectivity index (χ3v) is 4.91. The Morgan fingerprint density at radius 3 is 2.77 bits per heavy atom. The van der Waals surface area contributed by atoms with E-state index in [4.69, 9.17) is 0 Å². The maximum atomic E-state index is 4.66. The molecule has 22 heavy (non-hydrogen) atoms. The fourth-order valence-corrected chi connectivity index (χ4v) is 3.56. The molecule has 0 aromatic carbocycles. The average Bonchev–Trinajstić information content (AvgIpc) is 3.07.